The zero-order valence-corrected chi connectivity index (χ0v) is 15.9. The summed E-state index contributed by atoms with van der Waals surface area (Å²) < 4.78 is 10.9. The van der Waals surface area contributed by atoms with E-state index in [9.17, 15) is 4.79 Å². The van der Waals surface area contributed by atoms with Gasteiger partial charge in [-0.3, -0.25) is 4.79 Å². The Morgan fingerprint density at radius 2 is 1.71 bits per heavy atom. The summed E-state index contributed by atoms with van der Waals surface area (Å²) in [5.41, 5.74) is 4.99. The third-order valence-corrected chi connectivity index (χ3v) is 4.66. The summed E-state index contributed by atoms with van der Waals surface area (Å²) in [6.07, 6.45) is 0. The number of aromatic nitrogens is 1. The molecule has 4 rings (SSSR count). The van der Waals surface area contributed by atoms with Gasteiger partial charge in [0.25, 0.3) is 5.91 Å². The molecule has 3 aromatic carbocycles. The summed E-state index contributed by atoms with van der Waals surface area (Å²) in [5.74, 6) is 1.05. The van der Waals surface area contributed by atoms with E-state index in [1.54, 1.807) is 25.3 Å². The lowest BCUT2D eigenvalue weighted by molar-refractivity contribution is 0.102. The molecule has 0 bridgehead atoms. The van der Waals surface area contributed by atoms with Gasteiger partial charge >= 0.3 is 0 Å². The predicted molar refractivity (Wildman–Crippen MR) is 110 cm³/mol. The van der Waals surface area contributed by atoms with E-state index >= 15 is 0 Å². The van der Waals surface area contributed by atoms with E-state index in [0.29, 0.717) is 28.3 Å². The third kappa shape index (κ3) is 3.34. The number of benzene rings is 3. The highest BCUT2D eigenvalue weighted by atomic mass is 16.5. The van der Waals surface area contributed by atoms with Crippen LogP contribution in [0.4, 0.5) is 5.69 Å². The summed E-state index contributed by atoms with van der Waals surface area (Å²) in [5, 5.41) is 7.84. The van der Waals surface area contributed by atoms with Gasteiger partial charge in [0.1, 0.15) is 11.3 Å². The number of amides is 1. The number of nitrogens with one attached hydrogen (secondary N) is 1. The fraction of sp³-hybridized carbons (Fsp3) is 0.130. The van der Waals surface area contributed by atoms with Gasteiger partial charge in [0.05, 0.1) is 18.2 Å². The molecule has 0 saturated heterocycles. The molecule has 5 nitrogen and oxygen atoms in total. The molecular weight excluding hydrogens is 352 g/mol. The SMILES string of the molecule is COc1ccc(C)cc1NC(=O)c1ccc2noc(-c3ccc(C)cc3)c2c1. The van der Waals surface area contributed by atoms with Crippen LogP contribution in [-0.4, -0.2) is 18.2 Å². The number of methoxy groups -OCH3 is 1. The van der Waals surface area contributed by atoms with Crippen LogP contribution in [0.25, 0.3) is 22.2 Å². The zero-order chi connectivity index (χ0) is 19.7. The van der Waals surface area contributed by atoms with Gasteiger partial charge in [-0.05, 0) is 49.7 Å². The van der Waals surface area contributed by atoms with Gasteiger partial charge in [-0.1, -0.05) is 41.1 Å². The first kappa shape index (κ1) is 17.8. The fourth-order valence-corrected chi connectivity index (χ4v) is 3.11. The number of hydrogen-bond acceptors (Lipinski definition) is 4. The van der Waals surface area contributed by atoms with Crippen LogP contribution >= 0.6 is 0 Å². The molecule has 0 radical (unpaired) electrons. The maximum Gasteiger partial charge on any atom is 0.255 e. The van der Waals surface area contributed by atoms with E-state index in [1.165, 1.54) is 5.56 Å². The number of aryl methyl sites for hydroxylation is 2. The lowest BCUT2D eigenvalue weighted by Crippen LogP contribution is -2.12. The summed E-state index contributed by atoms with van der Waals surface area (Å²) >= 11 is 0. The van der Waals surface area contributed by atoms with Crippen LogP contribution in [0.2, 0.25) is 0 Å². The van der Waals surface area contributed by atoms with Gasteiger partial charge in [0.15, 0.2) is 5.76 Å². The largest absolute Gasteiger partial charge is 0.495 e. The Bertz CT molecular complexity index is 1160. The lowest BCUT2D eigenvalue weighted by Gasteiger charge is -2.11. The third-order valence-electron chi connectivity index (χ3n) is 4.66. The maximum atomic E-state index is 12.8. The van der Waals surface area contributed by atoms with E-state index in [4.69, 9.17) is 9.26 Å². The molecular formula is C23H20N2O3. The number of hydrogen-bond donors (Lipinski definition) is 1. The number of anilines is 1. The van der Waals surface area contributed by atoms with Gasteiger partial charge in [-0.25, -0.2) is 0 Å². The Morgan fingerprint density at radius 1 is 0.964 bits per heavy atom. The van der Waals surface area contributed by atoms with Crippen molar-refractivity contribution >= 4 is 22.5 Å². The van der Waals surface area contributed by atoms with Crippen LogP contribution in [0.3, 0.4) is 0 Å². The van der Waals surface area contributed by atoms with Crippen molar-refractivity contribution in [3.8, 4) is 17.1 Å². The zero-order valence-electron chi connectivity index (χ0n) is 15.9. The van der Waals surface area contributed by atoms with Crippen LogP contribution in [0.5, 0.6) is 5.75 Å². The molecule has 1 heterocycles. The van der Waals surface area contributed by atoms with E-state index in [2.05, 4.69) is 10.5 Å². The van der Waals surface area contributed by atoms with Crippen molar-refractivity contribution in [3.05, 3.63) is 77.4 Å². The molecule has 0 unspecified atom stereocenters. The maximum absolute atomic E-state index is 12.8. The Balaban J connectivity index is 1.69. The molecule has 0 atom stereocenters. The summed E-state index contributed by atoms with van der Waals surface area (Å²) in [4.78, 5) is 12.8. The van der Waals surface area contributed by atoms with Crippen LogP contribution in [0, 0.1) is 13.8 Å². The van der Waals surface area contributed by atoms with Crippen molar-refractivity contribution in [2.24, 2.45) is 0 Å². The van der Waals surface area contributed by atoms with E-state index in [1.807, 2.05) is 56.3 Å². The smallest absolute Gasteiger partial charge is 0.255 e. The van der Waals surface area contributed by atoms with E-state index in [0.717, 1.165) is 16.5 Å². The molecule has 0 saturated carbocycles. The summed E-state index contributed by atoms with van der Waals surface area (Å²) in [7, 11) is 1.58. The average molecular weight is 372 g/mol. The first-order valence-electron chi connectivity index (χ1n) is 8.97. The van der Waals surface area contributed by atoms with E-state index < -0.39 is 0 Å². The Kier molecular flexibility index (Phi) is 4.57. The standard InChI is InChI=1S/C23H20N2O3/c1-14-4-7-16(8-5-14)22-18-13-17(9-10-19(18)25-28-22)23(26)24-20-12-15(2)6-11-21(20)27-3/h4-13H,1-3H3,(H,24,26). The minimum absolute atomic E-state index is 0.221. The number of nitrogens with zero attached hydrogens (tertiary/aromatic N) is 1. The van der Waals surface area contributed by atoms with Crippen LogP contribution in [-0.2, 0) is 0 Å². The quantitative estimate of drug-likeness (QED) is 0.523. The molecule has 0 spiro atoms. The van der Waals surface area contributed by atoms with Crippen LogP contribution in [0.15, 0.2) is 65.2 Å². The highest BCUT2D eigenvalue weighted by Crippen LogP contribution is 2.30. The summed E-state index contributed by atoms with van der Waals surface area (Å²) in [6.45, 7) is 4.00. The summed E-state index contributed by atoms with van der Waals surface area (Å²) in [6, 6.07) is 19.0. The second-order valence-corrected chi connectivity index (χ2v) is 6.77. The molecule has 0 fully saturated rings. The number of rotatable bonds is 4. The van der Waals surface area contributed by atoms with Crippen molar-refractivity contribution in [2.45, 2.75) is 13.8 Å². The molecule has 5 heteroatoms. The van der Waals surface area contributed by atoms with Crippen LogP contribution < -0.4 is 10.1 Å². The first-order chi connectivity index (χ1) is 13.5. The Morgan fingerprint density at radius 3 is 2.46 bits per heavy atom. The molecule has 28 heavy (non-hydrogen) atoms. The normalized spacial score (nSPS) is 10.8. The molecule has 1 N–H and O–H groups in total. The van der Waals surface area contributed by atoms with Crippen molar-refractivity contribution < 1.29 is 14.1 Å². The fourth-order valence-electron chi connectivity index (χ4n) is 3.11. The highest BCUT2D eigenvalue weighted by molar-refractivity contribution is 6.08. The van der Waals surface area contributed by atoms with Crippen LogP contribution in [0.1, 0.15) is 21.5 Å². The van der Waals surface area contributed by atoms with Crippen molar-refractivity contribution in [1.82, 2.24) is 5.16 Å². The highest BCUT2D eigenvalue weighted by Gasteiger charge is 2.15. The van der Waals surface area contributed by atoms with Gasteiger partial charge in [0, 0.05) is 11.1 Å². The average Bonchev–Trinajstić information content (AvgIpc) is 3.12. The molecule has 140 valence electrons. The van der Waals surface area contributed by atoms with Crippen molar-refractivity contribution in [1.29, 1.82) is 0 Å². The van der Waals surface area contributed by atoms with Gasteiger partial charge in [-0.15, -0.1) is 0 Å². The number of carbonyl (C=O) groups is 1. The number of carbonyl (C=O) groups excluding carboxylic acids is 1. The predicted octanol–water partition coefficient (Wildman–Crippen LogP) is 5.37. The molecule has 0 aliphatic carbocycles. The minimum Gasteiger partial charge on any atom is -0.495 e. The number of ether oxygens (including phenoxy) is 1. The topological polar surface area (TPSA) is 64.4 Å². The second-order valence-electron chi connectivity index (χ2n) is 6.77. The van der Waals surface area contributed by atoms with Gasteiger partial charge in [0.2, 0.25) is 0 Å². The lowest BCUT2D eigenvalue weighted by atomic mass is 10.0. The molecule has 1 aromatic heterocycles. The Hall–Kier alpha value is -3.60. The Labute approximate surface area is 162 Å². The molecule has 1 amide bonds. The number of fused-ring (bicyclic) bond motifs is 1. The van der Waals surface area contributed by atoms with Crippen molar-refractivity contribution in [2.75, 3.05) is 12.4 Å². The first-order valence-corrected chi connectivity index (χ1v) is 8.97. The minimum atomic E-state index is -0.221. The van der Waals surface area contributed by atoms with Gasteiger partial charge < -0.3 is 14.6 Å². The molecule has 4 aromatic rings. The molecule has 0 aliphatic rings. The van der Waals surface area contributed by atoms with Crippen molar-refractivity contribution in [3.63, 3.8) is 0 Å². The molecule has 0 aliphatic heterocycles. The van der Waals surface area contributed by atoms with E-state index in [-0.39, 0.29) is 5.91 Å². The van der Waals surface area contributed by atoms with Gasteiger partial charge in [-0.2, -0.15) is 0 Å². The second kappa shape index (κ2) is 7.19. The monoisotopic (exact) mass is 372 g/mol.